The quantitative estimate of drug-likeness (QED) is 0.919. The summed E-state index contributed by atoms with van der Waals surface area (Å²) >= 11 is 0. The van der Waals surface area contributed by atoms with Gasteiger partial charge in [-0.1, -0.05) is 24.3 Å². The number of morpholine rings is 1. The Kier molecular flexibility index (Phi) is 4.22. The van der Waals surface area contributed by atoms with Gasteiger partial charge in [0.05, 0.1) is 25.4 Å². The van der Waals surface area contributed by atoms with E-state index in [4.69, 9.17) is 9.47 Å². The van der Waals surface area contributed by atoms with Crippen LogP contribution in [0.4, 0.5) is 4.79 Å². The van der Waals surface area contributed by atoms with Crippen LogP contribution in [-0.2, 0) is 15.9 Å². The lowest BCUT2D eigenvalue weighted by Crippen LogP contribution is -2.53. The van der Waals surface area contributed by atoms with Gasteiger partial charge in [0.25, 0.3) is 0 Å². The van der Waals surface area contributed by atoms with E-state index in [0.29, 0.717) is 31.5 Å². The van der Waals surface area contributed by atoms with Crippen molar-refractivity contribution >= 4 is 6.03 Å². The van der Waals surface area contributed by atoms with Crippen molar-refractivity contribution in [2.75, 3.05) is 33.4 Å². The number of rotatable bonds is 4. The summed E-state index contributed by atoms with van der Waals surface area (Å²) in [6, 6.07) is 8.77. The Labute approximate surface area is 143 Å². The highest BCUT2D eigenvalue weighted by atomic mass is 16.5. The van der Waals surface area contributed by atoms with Crippen molar-refractivity contribution in [3.63, 3.8) is 0 Å². The molecule has 4 rings (SSSR count). The molecule has 5 nitrogen and oxygen atoms in total. The molecular weight excluding hydrogens is 304 g/mol. The number of urea groups is 1. The van der Waals surface area contributed by atoms with Crippen LogP contribution in [0.25, 0.3) is 0 Å². The van der Waals surface area contributed by atoms with Crippen LogP contribution in [0.2, 0.25) is 0 Å². The summed E-state index contributed by atoms with van der Waals surface area (Å²) in [4.78, 5) is 14.4. The minimum absolute atomic E-state index is 0.0308. The number of benzene rings is 1. The van der Waals surface area contributed by atoms with Crippen molar-refractivity contribution < 1.29 is 14.3 Å². The maximum Gasteiger partial charge on any atom is 0.317 e. The summed E-state index contributed by atoms with van der Waals surface area (Å²) in [6.07, 6.45) is 1.19. The smallest absolute Gasteiger partial charge is 0.317 e. The molecule has 5 heteroatoms. The van der Waals surface area contributed by atoms with Crippen LogP contribution in [0.5, 0.6) is 0 Å². The van der Waals surface area contributed by atoms with Crippen LogP contribution in [-0.4, -0.2) is 56.5 Å². The molecule has 24 heavy (non-hydrogen) atoms. The maximum absolute atomic E-state index is 12.5. The topological polar surface area (TPSA) is 50.8 Å². The Morgan fingerprint density at radius 1 is 1.38 bits per heavy atom. The van der Waals surface area contributed by atoms with Crippen molar-refractivity contribution in [3.8, 4) is 0 Å². The molecule has 1 aromatic carbocycles. The Hall–Kier alpha value is -1.59. The number of methoxy groups -OCH3 is 1. The Bertz CT molecular complexity index is 620. The van der Waals surface area contributed by atoms with Gasteiger partial charge in [-0.15, -0.1) is 0 Å². The summed E-state index contributed by atoms with van der Waals surface area (Å²) in [5.41, 5.74) is 3.00. The van der Waals surface area contributed by atoms with E-state index in [-0.39, 0.29) is 18.2 Å². The first-order chi connectivity index (χ1) is 11.7. The number of carbonyl (C=O) groups is 1. The molecule has 0 radical (unpaired) electrons. The van der Waals surface area contributed by atoms with E-state index in [0.717, 1.165) is 12.5 Å². The predicted octanol–water partition coefficient (Wildman–Crippen LogP) is 2.02. The first-order valence-corrected chi connectivity index (χ1v) is 8.92. The third kappa shape index (κ3) is 2.91. The summed E-state index contributed by atoms with van der Waals surface area (Å²) in [5.74, 6) is 2.00. The molecule has 2 fully saturated rings. The van der Waals surface area contributed by atoms with Gasteiger partial charge >= 0.3 is 6.03 Å². The van der Waals surface area contributed by atoms with Crippen LogP contribution >= 0.6 is 0 Å². The third-order valence-electron chi connectivity index (χ3n) is 5.66. The monoisotopic (exact) mass is 330 g/mol. The first-order valence-electron chi connectivity index (χ1n) is 8.92. The number of fused-ring (bicyclic) bond motifs is 3. The van der Waals surface area contributed by atoms with Gasteiger partial charge in [0.2, 0.25) is 0 Å². The van der Waals surface area contributed by atoms with Gasteiger partial charge in [-0.2, -0.15) is 0 Å². The SMILES string of the molecule is COC[C@@H]1CN(C(=O)NC[C@@H]2[C@@H]3Cc4ccccc4[C@@H]23)C[C@@H](C)O1. The molecule has 130 valence electrons. The average molecular weight is 330 g/mol. The van der Waals surface area contributed by atoms with E-state index in [9.17, 15) is 4.79 Å². The molecule has 0 unspecified atom stereocenters. The highest BCUT2D eigenvalue weighted by molar-refractivity contribution is 5.74. The maximum atomic E-state index is 12.5. The molecule has 1 saturated carbocycles. The fourth-order valence-corrected chi connectivity index (χ4v) is 4.57. The summed E-state index contributed by atoms with van der Waals surface area (Å²) in [6.45, 7) is 4.56. The zero-order valence-electron chi connectivity index (χ0n) is 14.4. The predicted molar refractivity (Wildman–Crippen MR) is 91.0 cm³/mol. The molecular formula is C19H26N2O3. The number of nitrogens with one attached hydrogen (secondary N) is 1. The fraction of sp³-hybridized carbons (Fsp3) is 0.632. The van der Waals surface area contributed by atoms with E-state index >= 15 is 0 Å². The van der Waals surface area contributed by atoms with Gasteiger partial charge in [0, 0.05) is 20.2 Å². The number of hydrogen-bond acceptors (Lipinski definition) is 3. The van der Waals surface area contributed by atoms with Gasteiger partial charge < -0.3 is 19.7 Å². The van der Waals surface area contributed by atoms with Crippen molar-refractivity contribution in [2.45, 2.75) is 31.5 Å². The third-order valence-corrected chi connectivity index (χ3v) is 5.66. The number of hydrogen-bond donors (Lipinski definition) is 1. The molecule has 1 saturated heterocycles. The van der Waals surface area contributed by atoms with E-state index in [1.54, 1.807) is 7.11 Å². The standard InChI is InChI=1S/C19H26N2O3/c1-12-9-21(10-14(24-12)11-23-2)19(22)20-8-17-16-7-13-5-3-4-6-15(13)18(16)17/h3-6,12,14,16-18H,7-11H2,1-2H3,(H,20,22)/t12-,14+,16+,17-,18-/m1/s1. The minimum Gasteiger partial charge on any atom is -0.382 e. The lowest BCUT2D eigenvalue weighted by molar-refractivity contribution is -0.0896. The number of amides is 2. The Morgan fingerprint density at radius 2 is 2.21 bits per heavy atom. The molecule has 1 aromatic rings. The van der Waals surface area contributed by atoms with Crippen molar-refractivity contribution in [1.29, 1.82) is 0 Å². The fourth-order valence-electron chi connectivity index (χ4n) is 4.57. The van der Waals surface area contributed by atoms with Crippen molar-refractivity contribution in [1.82, 2.24) is 10.2 Å². The second-order valence-corrected chi connectivity index (χ2v) is 7.37. The van der Waals surface area contributed by atoms with Gasteiger partial charge in [0.1, 0.15) is 0 Å². The second kappa shape index (κ2) is 6.37. The zero-order chi connectivity index (χ0) is 16.7. The molecule has 3 aliphatic rings. The molecule has 2 aliphatic carbocycles. The summed E-state index contributed by atoms with van der Waals surface area (Å²) < 4.78 is 11.0. The van der Waals surface area contributed by atoms with Crippen LogP contribution in [0.3, 0.4) is 0 Å². The molecule has 1 N–H and O–H groups in total. The molecule has 2 amide bonds. The van der Waals surface area contributed by atoms with Crippen LogP contribution in [0, 0.1) is 11.8 Å². The summed E-state index contributed by atoms with van der Waals surface area (Å²) in [5, 5.41) is 3.15. The van der Waals surface area contributed by atoms with Crippen LogP contribution in [0.1, 0.15) is 24.0 Å². The molecule has 5 atom stereocenters. The number of ether oxygens (including phenoxy) is 2. The van der Waals surface area contributed by atoms with E-state index in [1.165, 1.54) is 17.5 Å². The second-order valence-electron chi connectivity index (χ2n) is 7.37. The Morgan fingerprint density at radius 3 is 3.04 bits per heavy atom. The molecule has 0 bridgehead atoms. The normalized spacial score (nSPS) is 33.8. The van der Waals surface area contributed by atoms with E-state index in [1.807, 2.05) is 11.8 Å². The molecule has 1 aliphatic heterocycles. The Balaban J connectivity index is 1.29. The van der Waals surface area contributed by atoms with Gasteiger partial charge in [-0.3, -0.25) is 0 Å². The van der Waals surface area contributed by atoms with Gasteiger partial charge in [0.15, 0.2) is 0 Å². The lowest BCUT2D eigenvalue weighted by Gasteiger charge is -2.36. The van der Waals surface area contributed by atoms with Gasteiger partial charge in [-0.25, -0.2) is 4.79 Å². The summed E-state index contributed by atoms with van der Waals surface area (Å²) in [7, 11) is 1.66. The molecule has 0 aromatic heterocycles. The number of nitrogens with zero attached hydrogens (tertiary/aromatic N) is 1. The van der Waals surface area contributed by atoms with Crippen molar-refractivity contribution in [2.24, 2.45) is 11.8 Å². The number of carbonyl (C=O) groups excluding carboxylic acids is 1. The van der Waals surface area contributed by atoms with Crippen LogP contribution < -0.4 is 5.32 Å². The highest BCUT2D eigenvalue weighted by Crippen LogP contribution is 2.60. The molecule has 0 spiro atoms. The zero-order valence-corrected chi connectivity index (χ0v) is 14.4. The van der Waals surface area contributed by atoms with Crippen molar-refractivity contribution in [3.05, 3.63) is 35.4 Å². The van der Waals surface area contributed by atoms with E-state index < -0.39 is 0 Å². The van der Waals surface area contributed by atoms with Crippen LogP contribution in [0.15, 0.2) is 24.3 Å². The van der Waals surface area contributed by atoms with E-state index in [2.05, 4.69) is 29.6 Å². The lowest BCUT2D eigenvalue weighted by atomic mass is 10.0. The minimum atomic E-state index is -0.0308. The highest BCUT2D eigenvalue weighted by Gasteiger charge is 2.55. The largest absolute Gasteiger partial charge is 0.382 e. The average Bonchev–Trinajstić information content (AvgIpc) is 3.10. The first kappa shape index (κ1) is 15.9. The molecule has 1 heterocycles. The van der Waals surface area contributed by atoms with Gasteiger partial charge in [-0.05, 0) is 42.2 Å².